The van der Waals surface area contributed by atoms with E-state index in [9.17, 15) is 4.79 Å². The van der Waals surface area contributed by atoms with Gasteiger partial charge in [-0.25, -0.2) is 9.97 Å². The number of carbonyl (C=O) groups is 1. The smallest absolute Gasteiger partial charge is 0.277 e. The Morgan fingerprint density at radius 2 is 1.61 bits per heavy atom. The topological polar surface area (TPSA) is 49.3 Å². The maximum absolute atomic E-state index is 13.5. The van der Waals surface area contributed by atoms with Crippen LogP contribution in [0.4, 0.5) is 11.5 Å². The van der Waals surface area contributed by atoms with Gasteiger partial charge in [0, 0.05) is 24.8 Å². The number of benzene rings is 2. The van der Waals surface area contributed by atoms with E-state index >= 15 is 0 Å². The Hall–Kier alpha value is -3.21. The lowest BCUT2D eigenvalue weighted by molar-refractivity contribution is 0.0980. The van der Waals surface area contributed by atoms with Gasteiger partial charge in [-0.2, -0.15) is 0 Å². The minimum absolute atomic E-state index is 0.110. The first kappa shape index (κ1) is 18.2. The molecule has 0 unspecified atom stereocenters. The molecule has 0 N–H and O–H groups in total. The highest BCUT2D eigenvalue weighted by Gasteiger charge is 2.22. The predicted octanol–water partition coefficient (Wildman–Crippen LogP) is 4.23. The van der Waals surface area contributed by atoms with Gasteiger partial charge in [-0.05, 0) is 37.5 Å². The van der Waals surface area contributed by atoms with Gasteiger partial charge < -0.3 is 9.80 Å². The Morgan fingerprint density at radius 1 is 0.964 bits per heavy atom. The van der Waals surface area contributed by atoms with E-state index in [2.05, 4.69) is 14.9 Å². The zero-order valence-electron chi connectivity index (χ0n) is 16.1. The molecule has 4 rings (SSSR count). The van der Waals surface area contributed by atoms with Crippen molar-refractivity contribution in [3.8, 4) is 0 Å². The maximum Gasteiger partial charge on any atom is 0.277 e. The average molecular weight is 372 g/mol. The fraction of sp³-hybridized carbons (Fsp3) is 0.261. The van der Waals surface area contributed by atoms with E-state index < -0.39 is 0 Å². The Kier molecular flexibility index (Phi) is 5.33. The summed E-state index contributed by atoms with van der Waals surface area (Å²) >= 11 is 0. The van der Waals surface area contributed by atoms with Crippen molar-refractivity contribution in [3.63, 3.8) is 0 Å². The van der Waals surface area contributed by atoms with Crippen LogP contribution in [-0.2, 0) is 6.54 Å². The van der Waals surface area contributed by atoms with Gasteiger partial charge in [0.05, 0.1) is 6.54 Å². The monoisotopic (exact) mass is 372 g/mol. The highest BCUT2D eigenvalue weighted by Crippen LogP contribution is 2.23. The largest absolute Gasteiger partial charge is 0.356 e. The van der Waals surface area contributed by atoms with Crippen LogP contribution in [0.2, 0.25) is 0 Å². The molecule has 0 spiro atoms. The average Bonchev–Trinajstić information content (AvgIpc) is 3.27. The van der Waals surface area contributed by atoms with Crippen LogP contribution in [0.3, 0.4) is 0 Å². The van der Waals surface area contributed by atoms with Crippen LogP contribution in [-0.4, -0.2) is 29.0 Å². The van der Waals surface area contributed by atoms with Gasteiger partial charge >= 0.3 is 0 Å². The van der Waals surface area contributed by atoms with Crippen LogP contribution < -0.4 is 9.80 Å². The molecular weight excluding hydrogens is 348 g/mol. The fourth-order valence-corrected chi connectivity index (χ4v) is 3.56. The number of hydrogen-bond acceptors (Lipinski definition) is 4. The van der Waals surface area contributed by atoms with Crippen molar-refractivity contribution in [2.45, 2.75) is 26.3 Å². The minimum Gasteiger partial charge on any atom is -0.356 e. The molecule has 0 bridgehead atoms. The second-order valence-electron chi connectivity index (χ2n) is 7.07. The molecule has 1 saturated heterocycles. The molecular formula is C23H24N4O. The molecule has 2 heterocycles. The molecule has 142 valence electrons. The summed E-state index contributed by atoms with van der Waals surface area (Å²) in [7, 11) is 0. The summed E-state index contributed by atoms with van der Waals surface area (Å²) in [6.07, 6.45) is 2.33. The van der Waals surface area contributed by atoms with E-state index in [0.717, 1.165) is 43.0 Å². The van der Waals surface area contributed by atoms with Crippen molar-refractivity contribution in [1.82, 2.24) is 9.97 Å². The van der Waals surface area contributed by atoms with Gasteiger partial charge in [-0.1, -0.05) is 48.5 Å². The Balaban J connectivity index is 1.69. The van der Waals surface area contributed by atoms with E-state index in [0.29, 0.717) is 18.1 Å². The van der Waals surface area contributed by atoms with Crippen molar-refractivity contribution in [2.24, 2.45) is 0 Å². The van der Waals surface area contributed by atoms with Crippen LogP contribution in [0.5, 0.6) is 0 Å². The van der Waals surface area contributed by atoms with Crippen LogP contribution >= 0.6 is 0 Å². The SMILES string of the molecule is Cc1nc(C(=O)N(Cc2ccccc2)c2ccccc2)cc(N2CCCC2)n1. The summed E-state index contributed by atoms with van der Waals surface area (Å²) in [6.45, 7) is 4.30. The summed E-state index contributed by atoms with van der Waals surface area (Å²) in [6, 6.07) is 21.6. The number of hydrogen-bond donors (Lipinski definition) is 0. The van der Waals surface area contributed by atoms with Crippen molar-refractivity contribution in [1.29, 1.82) is 0 Å². The maximum atomic E-state index is 13.5. The number of carbonyl (C=O) groups excluding carboxylic acids is 1. The normalized spacial score (nSPS) is 13.5. The molecule has 0 atom stereocenters. The lowest BCUT2D eigenvalue weighted by atomic mass is 10.1. The minimum atomic E-state index is -0.110. The van der Waals surface area contributed by atoms with Gasteiger partial charge in [0.15, 0.2) is 0 Å². The molecule has 1 aliphatic heterocycles. The first-order chi connectivity index (χ1) is 13.7. The molecule has 2 aromatic carbocycles. The molecule has 0 radical (unpaired) electrons. The summed E-state index contributed by atoms with van der Waals surface area (Å²) in [4.78, 5) is 26.5. The van der Waals surface area contributed by atoms with Crippen molar-refractivity contribution in [3.05, 3.63) is 83.8 Å². The van der Waals surface area contributed by atoms with Crippen LogP contribution in [0.15, 0.2) is 66.7 Å². The second-order valence-corrected chi connectivity index (χ2v) is 7.07. The van der Waals surface area contributed by atoms with Crippen LogP contribution in [0.1, 0.15) is 34.7 Å². The first-order valence-corrected chi connectivity index (χ1v) is 9.72. The van der Waals surface area contributed by atoms with E-state index in [-0.39, 0.29) is 5.91 Å². The van der Waals surface area contributed by atoms with Crippen molar-refractivity contribution >= 4 is 17.4 Å². The number of aromatic nitrogens is 2. The number of para-hydroxylation sites is 1. The molecule has 1 aliphatic rings. The van der Waals surface area contributed by atoms with Crippen molar-refractivity contribution in [2.75, 3.05) is 22.9 Å². The highest BCUT2D eigenvalue weighted by molar-refractivity contribution is 6.05. The van der Waals surface area contributed by atoms with Crippen LogP contribution in [0, 0.1) is 6.92 Å². The standard InChI is InChI=1S/C23H24N4O/c1-18-24-21(16-22(25-18)26-14-8-9-15-26)23(28)27(20-12-6-3-7-13-20)17-19-10-4-2-5-11-19/h2-7,10-13,16H,8-9,14-15,17H2,1H3. The molecule has 0 saturated carbocycles. The van der Waals surface area contributed by atoms with Gasteiger partial charge in [-0.15, -0.1) is 0 Å². The number of anilines is 2. The lowest BCUT2D eigenvalue weighted by Crippen LogP contribution is -2.32. The summed E-state index contributed by atoms with van der Waals surface area (Å²) in [5.41, 5.74) is 2.37. The third kappa shape index (κ3) is 4.03. The second kappa shape index (κ2) is 8.21. The van der Waals surface area contributed by atoms with Gasteiger partial charge in [0.25, 0.3) is 5.91 Å². The lowest BCUT2D eigenvalue weighted by Gasteiger charge is -2.24. The molecule has 5 heteroatoms. The van der Waals surface area contributed by atoms with Gasteiger partial charge in [0.2, 0.25) is 0 Å². The van der Waals surface area contributed by atoms with E-state index in [1.807, 2.05) is 73.7 Å². The summed E-state index contributed by atoms with van der Waals surface area (Å²) in [5, 5.41) is 0. The zero-order valence-corrected chi connectivity index (χ0v) is 16.1. The van der Waals surface area contributed by atoms with Gasteiger partial charge in [0.1, 0.15) is 17.3 Å². The number of rotatable bonds is 5. The first-order valence-electron chi connectivity index (χ1n) is 9.72. The zero-order chi connectivity index (χ0) is 19.3. The van der Waals surface area contributed by atoms with Crippen molar-refractivity contribution < 1.29 is 4.79 Å². The van der Waals surface area contributed by atoms with Gasteiger partial charge in [-0.3, -0.25) is 4.79 Å². The highest BCUT2D eigenvalue weighted by atomic mass is 16.2. The summed E-state index contributed by atoms with van der Waals surface area (Å²) in [5.74, 6) is 1.36. The summed E-state index contributed by atoms with van der Waals surface area (Å²) < 4.78 is 0. The molecule has 3 aromatic rings. The third-order valence-corrected chi connectivity index (χ3v) is 4.97. The van der Waals surface area contributed by atoms with Crippen LogP contribution in [0.25, 0.3) is 0 Å². The number of nitrogens with zero attached hydrogens (tertiary/aromatic N) is 4. The van der Waals surface area contributed by atoms with E-state index in [1.165, 1.54) is 0 Å². The Bertz CT molecular complexity index is 937. The molecule has 1 aromatic heterocycles. The quantitative estimate of drug-likeness (QED) is 0.672. The Labute approximate surface area is 165 Å². The number of aryl methyl sites for hydroxylation is 1. The fourth-order valence-electron chi connectivity index (χ4n) is 3.56. The molecule has 5 nitrogen and oxygen atoms in total. The van der Waals surface area contributed by atoms with E-state index in [1.54, 1.807) is 4.90 Å². The molecule has 1 amide bonds. The van der Waals surface area contributed by atoms with E-state index in [4.69, 9.17) is 0 Å². The predicted molar refractivity (Wildman–Crippen MR) is 112 cm³/mol. The third-order valence-electron chi connectivity index (χ3n) is 4.97. The molecule has 1 fully saturated rings. The molecule has 0 aliphatic carbocycles. The number of amides is 1. The Morgan fingerprint density at radius 3 is 2.29 bits per heavy atom. The molecule has 28 heavy (non-hydrogen) atoms.